The van der Waals surface area contributed by atoms with Gasteiger partial charge in [-0.3, -0.25) is 4.90 Å². The third-order valence-electron chi connectivity index (χ3n) is 5.15. The average Bonchev–Trinajstić information content (AvgIpc) is 2.74. The van der Waals surface area contributed by atoms with Crippen LogP contribution in [-0.2, 0) is 22.7 Å². The molecule has 6 nitrogen and oxygen atoms in total. The standard InChI is InChI=1S/C21H24ClF3N2O4S/c22-19-6-3-16(21(23,24)25)13-20(19)32(29,30)26-17-7-9-27(10-8-17)14-15-1-4-18(5-2-15)31-12-11-28/h1-6,13,17,26,28H,7-12,14H2. The minimum atomic E-state index is -4.66. The number of hydrogen-bond acceptors (Lipinski definition) is 5. The summed E-state index contributed by atoms with van der Waals surface area (Å²) in [6.45, 7) is 2.12. The van der Waals surface area contributed by atoms with Crippen LogP contribution >= 0.6 is 11.6 Å². The highest BCUT2D eigenvalue weighted by Gasteiger charge is 2.33. The Labute approximate surface area is 190 Å². The number of piperidine rings is 1. The Hall–Kier alpha value is -1.85. The average molecular weight is 493 g/mol. The number of aliphatic hydroxyl groups excluding tert-OH is 1. The smallest absolute Gasteiger partial charge is 0.416 e. The molecule has 1 aliphatic heterocycles. The van der Waals surface area contributed by atoms with Gasteiger partial charge < -0.3 is 9.84 Å². The van der Waals surface area contributed by atoms with Gasteiger partial charge in [-0.2, -0.15) is 13.2 Å². The maximum absolute atomic E-state index is 13.0. The molecule has 0 aliphatic carbocycles. The first-order valence-corrected chi connectivity index (χ1v) is 11.9. The van der Waals surface area contributed by atoms with Gasteiger partial charge in [0.15, 0.2) is 0 Å². The largest absolute Gasteiger partial charge is 0.491 e. The number of likely N-dealkylation sites (tertiary alicyclic amines) is 1. The molecule has 1 saturated heterocycles. The zero-order valence-electron chi connectivity index (χ0n) is 17.1. The molecule has 32 heavy (non-hydrogen) atoms. The van der Waals surface area contributed by atoms with Gasteiger partial charge in [-0.25, -0.2) is 13.1 Å². The molecule has 0 spiro atoms. The minimum Gasteiger partial charge on any atom is -0.491 e. The Kier molecular flexibility index (Phi) is 8.05. The number of rotatable bonds is 8. The molecule has 1 fully saturated rings. The van der Waals surface area contributed by atoms with Crippen molar-refractivity contribution in [2.45, 2.75) is 36.5 Å². The number of nitrogens with zero attached hydrogens (tertiary/aromatic N) is 1. The lowest BCUT2D eigenvalue weighted by atomic mass is 10.1. The van der Waals surface area contributed by atoms with E-state index in [9.17, 15) is 21.6 Å². The van der Waals surface area contributed by atoms with Gasteiger partial charge in [0, 0.05) is 25.7 Å². The molecule has 176 valence electrons. The number of ether oxygens (including phenoxy) is 1. The summed E-state index contributed by atoms with van der Waals surface area (Å²) in [5.41, 5.74) is 0.000926. The summed E-state index contributed by atoms with van der Waals surface area (Å²) < 4.78 is 72.1. The highest BCUT2D eigenvalue weighted by atomic mass is 35.5. The van der Waals surface area contributed by atoms with Gasteiger partial charge in [0.2, 0.25) is 10.0 Å². The second-order valence-electron chi connectivity index (χ2n) is 7.53. The Morgan fingerprint density at radius 2 is 1.78 bits per heavy atom. The summed E-state index contributed by atoms with van der Waals surface area (Å²) >= 11 is 5.89. The second kappa shape index (κ2) is 10.4. The fourth-order valence-corrected chi connectivity index (χ4v) is 5.32. The molecule has 0 bridgehead atoms. The van der Waals surface area contributed by atoms with Crippen LogP contribution in [0.15, 0.2) is 47.4 Å². The van der Waals surface area contributed by atoms with Crippen molar-refractivity contribution >= 4 is 21.6 Å². The van der Waals surface area contributed by atoms with Crippen LogP contribution < -0.4 is 9.46 Å². The minimum absolute atomic E-state index is 0.0551. The number of nitrogens with one attached hydrogen (secondary N) is 1. The monoisotopic (exact) mass is 492 g/mol. The molecule has 0 atom stereocenters. The van der Waals surface area contributed by atoms with Crippen molar-refractivity contribution in [3.63, 3.8) is 0 Å². The van der Waals surface area contributed by atoms with Crippen LogP contribution in [0.4, 0.5) is 13.2 Å². The number of benzene rings is 2. The van der Waals surface area contributed by atoms with E-state index < -0.39 is 32.7 Å². The molecular formula is C21H24ClF3N2O4S. The van der Waals surface area contributed by atoms with E-state index in [4.69, 9.17) is 21.4 Å². The van der Waals surface area contributed by atoms with Crippen LogP contribution in [0.1, 0.15) is 24.0 Å². The molecule has 2 aromatic rings. The number of aliphatic hydroxyl groups is 1. The predicted octanol–water partition coefficient (Wildman–Crippen LogP) is 3.67. The van der Waals surface area contributed by atoms with Crippen LogP contribution in [0, 0.1) is 0 Å². The van der Waals surface area contributed by atoms with E-state index in [2.05, 4.69) is 9.62 Å². The Bertz CT molecular complexity index is 1010. The van der Waals surface area contributed by atoms with Gasteiger partial charge >= 0.3 is 6.18 Å². The molecule has 2 N–H and O–H groups in total. The fraction of sp³-hybridized carbons (Fsp3) is 0.429. The van der Waals surface area contributed by atoms with Crippen LogP contribution in [-0.4, -0.2) is 50.8 Å². The normalized spacial score (nSPS) is 16.3. The fourth-order valence-electron chi connectivity index (χ4n) is 3.49. The molecule has 0 unspecified atom stereocenters. The van der Waals surface area contributed by atoms with E-state index in [1.165, 1.54) is 0 Å². The molecular weight excluding hydrogens is 469 g/mol. The third kappa shape index (κ3) is 6.58. The molecule has 0 saturated carbocycles. The Balaban J connectivity index is 1.56. The van der Waals surface area contributed by atoms with E-state index in [-0.39, 0.29) is 18.2 Å². The second-order valence-corrected chi connectivity index (χ2v) is 9.62. The lowest BCUT2D eigenvalue weighted by Gasteiger charge is -2.32. The third-order valence-corrected chi connectivity index (χ3v) is 7.15. The lowest BCUT2D eigenvalue weighted by Crippen LogP contribution is -2.44. The molecule has 11 heteroatoms. The highest BCUT2D eigenvalue weighted by molar-refractivity contribution is 7.89. The van der Waals surface area contributed by atoms with Crippen molar-refractivity contribution < 1.29 is 31.4 Å². The van der Waals surface area contributed by atoms with E-state index in [1.807, 2.05) is 24.3 Å². The van der Waals surface area contributed by atoms with Crippen LogP contribution in [0.3, 0.4) is 0 Å². The number of alkyl halides is 3. The van der Waals surface area contributed by atoms with Crippen molar-refractivity contribution in [1.29, 1.82) is 0 Å². The maximum Gasteiger partial charge on any atom is 0.416 e. The lowest BCUT2D eigenvalue weighted by molar-refractivity contribution is -0.137. The summed E-state index contributed by atoms with van der Waals surface area (Å²) in [6, 6.07) is 9.38. The summed E-state index contributed by atoms with van der Waals surface area (Å²) in [5, 5.41) is 8.53. The zero-order chi connectivity index (χ0) is 23.4. The SMILES string of the molecule is O=S(=O)(NC1CCN(Cc2ccc(OCCO)cc2)CC1)c1cc(C(F)(F)F)ccc1Cl. The summed E-state index contributed by atoms with van der Waals surface area (Å²) in [4.78, 5) is 1.60. The van der Waals surface area contributed by atoms with Crippen LogP contribution in [0.25, 0.3) is 0 Å². The number of halogens is 4. The van der Waals surface area contributed by atoms with Gasteiger partial charge in [-0.05, 0) is 48.7 Å². The Morgan fingerprint density at radius 3 is 2.38 bits per heavy atom. The van der Waals surface area contributed by atoms with Gasteiger partial charge in [-0.15, -0.1) is 0 Å². The molecule has 1 heterocycles. The van der Waals surface area contributed by atoms with Crippen LogP contribution in [0.5, 0.6) is 5.75 Å². The zero-order valence-corrected chi connectivity index (χ0v) is 18.7. The number of hydrogen-bond donors (Lipinski definition) is 2. The number of sulfonamides is 1. The quantitative estimate of drug-likeness (QED) is 0.588. The first-order valence-electron chi connectivity index (χ1n) is 10.0. The summed E-state index contributed by atoms with van der Waals surface area (Å²) in [6.07, 6.45) is -3.62. The molecule has 0 radical (unpaired) electrons. The van der Waals surface area contributed by atoms with E-state index in [0.717, 1.165) is 17.7 Å². The molecule has 0 amide bonds. The van der Waals surface area contributed by atoms with Gasteiger partial charge in [-0.1, -0.05) is 23.7 Å². The Morgan fingerprint density at radius 1 is 1.12 bits per heavy atom. The molecule has 0 aromatic heterocycles. The van der Waals surface area contributed by atoms with Crippen molar-refractivity contribution in [2.24, 2.45) is 0 Å². The molecule has 2 aromatic carbocycles. The van der Waals surface area contributed by atoms with E-state index in [1.54, 1.807) is 0 Å². The van der Waals surface area contributed by atoms with Crippen LogP contribution in [0.2, 0.25) is 5.02 Å². The van der Waals surface area contributed by atoms with Crippen molar-refractivity contribution in [2.75, 3.05) is 26.3 Å². The highest BCUT2D eigenvalue weighted by Crippen LogP contribution is 2.33. The van der Waals surface area contributed by atoms with Crippen molar-refractivity contribution in [3.8, 4) is 5.75 Å². The van der Waals surface area contributed by atoms with E-state index in [0.29, 0.717) is 44.3 Å². The molecule has 3 rings (SSSR count). The van der Waals surface area contributed by atoms with Crippen molar-refractivity contribution in [3.05, 3.63) is 58.6 Å². The maximum atomic E-state index is 13.0. The van der Waals surface area contributed by atoms with Gasteiger partial charge in [0.25, 0.3) is 0 Å². The summed E-state index contributed by atoms with van der Waals surface area (Å²) in [7, 11) is -4.19. The van der Waals surface area contributed by atoms with Gasteiger partial charge in [0.05, 0.1) is 17.2 Å². The van der Waals surface area contributed by atoms with E-state index >= 15 is 0 Å². The van der Waals surface area contributed by atoms with Gasteiger partial charge in [0.1, 0.15) is 17.3 Å². The first-order chi connectivity index (χ1) is 15.1. The van der Waals surface area contributed by atoms with Crippen molar-refractivity contribution in [1.82, 2.24) is 9.62 Å². The molecule has 1 aliphatic rings. The topological polar surface area (TPSA) is 78.9 Å². The summed E-state index contributed by atoms with van der Waals surface area (Å²) in [5.74, 6) is 0.671. The first kappa shape index (κ1) is 24.8. The predicted molar refractivity (Wildman–Crippen MR) is 114 cm³/mol.